The van der Waals surface area contributed by atoms with Gasteiger partial charge in [0.05, 0.1) is 9.78 Å². The molecule has 1 saturated heterocycles. The van der Waals surface area contributed by atoms with Crippen LogP contribution in [0.2, 0.25) is 0 Å². The van der Waals surface area contributed by atoms with Crippen molar-refractivity contribution in [2.24, 2.45) is 5.10 Å². The molecule has 130 valence electrons. The van der Waals surface area contributed by atoms with Gasteiger partial charge in [-0.05, 0) is 83.8 Å². The van der Waals surface area contributed by atoms with Gasteiger partial charge in [0, 0.05) is 24.3 Å². The Bertz CT molecular complexity index is 814. The van der Waals surface area contributed by atoms with Crippen molar-refractivity contribution >= 4 is 40.4 Å². The molecule has 0 radical (unpaired) electrons. The summed E-state index contributed by atoms with van der Waals surface area (Å²) in [6.07, 6.45) is 4.15. The van der Waals surface area contributed by atoms with E-state index in [1.165, 1.54) is 24.6 Å². The van der Waals surface area contributed by atoms with Crippen LogP contribution in [0, 0.1) is 10.5 Å². The van der Waals surface area contributed by atoms with Crippen LogP contribution >= 0.6 is 22.6 Å². The fourth-order valence-corrected chi connectivity index (χ4v) is 3.19. The average molecular weight is 449 g/mol. The van der Waals surface area contributed by atoms with Gasteiger partial charge in [-0.2, -0.15) is 5.10 Å². The zero-order chi connectivity index (χ0) is 17.8. The highest BCUT2D eigenvalue weighted by atomic mass is 127. The molecule has 0 bridgehead atoms. The topological polar surface area (TPSA) is 64.9 Å². The lowest BCUT2D eigenvalue weighted by Crippen LogP contribution is -2.18. The Labute approximate surface area is 160 Å². The van der Waals surface area contributed by atoms with Crippen molar-refractivity contribution in [3.05, 3.63) is 56.7 Å². The fourth-order valence-electron chi connectivity index (χ4n) is 2.86. The molecule has 5 nitrogen and oxygen atoms in total. The van der Waals surface area contributed by atoms with Crippen LogP contribution in [0.1, 0.15) is 34.3 Å². The smallest absolute Gasteiger partial charge is 0.271 e. The number of hydrogen-bond acceptors (Lipinski definition) is 4. The summed E-state index contributed by atoms with van der Waals surface area (Å²) in [5.41, 5.74) is 6.20. The standard InChI is InChI=1S/C19H20IN3O2/c1-13-10-16(23-8-2-3-9-23)6-4-15(13)12-21-22-19(25)14-5-7-17(20)18(24)11-14/h4-7,10-12,24H,2-3,8-9H2,1H3,(H,22,25)/b21-12-. The number of hydrogen-bond donors (Lipinski definition) is 2. The van der Waals surface area contributed by atoms with Crippen LogP contribution in [-0.4, -0.2) is 30.3 Å². The van der Waals surface area contributed by atoms with Crippen molar-refractivity contribution in [3.8, 4) is 5.75 Å². The van der Waals surface area contributed by atoms with Gasteiger partial charge < -0.3 is 10.0 Å². The van der Waals surface area contributed by atoms with Crippen LogP contribution in [0.3, 0.4) is 0 Å². The molecule has 2 aromatic carbocycles. The van der Waals surface area contributed by atoms with Crippen molar-refractivity contribution in [2.45, 2.75) is 19.8 Å². The zero-order valence-electron chi connectivity index (χ0n) is 14.0. The molecule has 0 aromatic heterocycles. The number of nitrogens with one attached hydrogen (secondary N) is 1. The number of amides is 1. The Hall–Kier alpha value is -2.09. The Morgan fingerprint density at radius 3 is 2.68 bits per heavy atom. The molecule has 25 heavy (non-hydrogen) atoms. The van der Waals surface area contributed by atoms with E-state index >= 15 is 0 Å². The number of anilines is 1. The molecule has 1 aliphatic rings. The molecule has 1 amide bonds. The second-order valence-corrected chi connectivity index (χ2v) is 7.26. The molecule has 1 aliphatic heterocycles. The fraction of sp³-hybridized carbons (Fsp3) is 0.263. The van der Waals surface area contributed by atoms with Gasteiger partial charge >= 0.3 is 0 Å². The molecule has 0 spiro atoms. The van der Waals surface area contributed by atoms with Crippen molar-refractivity contribution in [1.29, 1.82) is 0 Å². The van der Waals surface area contributed by atoms with Gasteiger partial charge in [-0.3, -0.25) is 4.79 Å². The lowest BCUT2D eigenvalue weighted by molar-refractivity contribution is 0.0954. The van der Waals surface area contributed by atoms with Gasteiger partial charge in [-0.1, -0.05) is 6.07 Å². The molecule has 3 rings (SSSR count). The summed E-state index contributed by atoms with van der Waals surface area (Å²) in [7, 11) is 0. The number of phenols is 1. The van der Waals surface area contributed by atoms with E-state index in [4.69, 9.17) is 0 Å². The summed E-state index contributed by atoms with van der Waals surface area (Å²) >= 11 is 2.01. The van der Waals surface area contributed by atoms with Gasteiger partial charge in [-0.15, -0.1) is 0 Å². The summed E-state index contributed by atoms with van der Waals surface area (Å²) < 4.78 is 0.700. The monoisotopic (exact) mass is 449 g/mol. The van der Waals surface area contributed by atoms with E-state index in [0.29, 0.717) is 9.13 Å². The van der Waals surface area contributed by atoms with E-state index in [2.05, 4.69) is 27.6 Å². The quantitative estimate of drug-likeness (QED) is 0.426. The minimum Gasteiger partial charge on any atom is -0.507 e. The second kappa shape index (κ2) is 7.86. The van der Waals surface area contributed by atoms with Crippen molar-refractivity contribution < 1.29 is 9.90 Å². The molecular weight excluding hydrogens is 429 g/mol. The minimum absolute atomic E-state index is 0.0885. The van der Waals surface area contributed by atoms with Crippen LogP contribution in [-0.2, 0) is 0 Å². The maximum absolute atomic E-state index is 12.1. The summed E-state index contributed by atoms with van der Waals surface area (Å²) in [4.78, 5) is 14.5. The third-order valence-electron chi connectivity index (χ3n) is 4.30. The molecule has 1 fully saturated rings. The van der Waals surface area contributed by atoms with Crippen molar-refractivity contribution in [1.82, 2.24) is 5.43 Å². The molecule has 0 unspecified atom stereocenters. The lowest BCUT2D eigenvalue weighted by atomic mass is 10.1. The number of benzene rings is 2. The molecule has 6 heteroatoms. The second-order valence-electron chi connectivity index (χ2n) is 6.10. The van der Waals surface area contributed by atoms with E-state index in [0.717, 1.165) is 24.2 Å². The third kappa shape index (κ3) is 4.31. The van der Waals surface area contributed by atoms with Gasteiger partial charge in [0.1, 0.15) is 5.75 Å². The first-order valence-corrected chi connectivity index (χ1v) is 9.30. The normalized spacial score (nSPS) is 14.2. The molecule has 2 N–H and O–H groups in total. The van der Waals surface area contributed by atoms with Crippen LogP contribution in [0.25, 0.3) is 0 Å². The van der Waals surface area contributed by atoms with E-state index < -0.39 is 0 Å². The number of aromatic hydroxyl groups is 1. The number of halogens is 1. The predicted molar refractivity (Wildman–Crippen MR) is 109 cm³/mol. The molecule has 0 saturated carbocycles. The first-order chi connectivity index (χ1) is 12.0. The first kappa shape index (κ1) is 17.7. The van der Waals surface area contributed by atoms with E-state index in [1.807, 2.05) is 35.6 Å². The van der Waals surface area contributed by atoms with Crippen LogP contribution in [0.4, 0.5) is 5.69 Å². The van der Waals surface area contributed by atoms with Crippen LogP contribution in [0.5, 0.6) is 5.75 Å². The van der Waals surface area contributed by atoms with Crippen LogP contribution < -0.4 is 10.3 Å². The minimum atomic E-state index is -0.353. The number of nitrogens with zero attached hydrogens (tertiary/aromatic N) is 2. The molecule has 2 aromatic rings. The van der Waals surface area contributed by atoms with E-state index in [1.54, 1.807) is 18.3 Å². The summed E-state index contributed by atoms with van der Waals surface area (Å²) in [6.45, 7) is 4.28. The average Bonchev–Trinajstić information content (AvgIpc) is 3.13. The number of carbonyl (C=O) groups excluding carboxylic acids is 1. The summed E-state index contributed by atoms with van der Waals surface area (Å²) in [5.74, 6) is -0.264. The van der Waals surface area contributed by atoms with Gasteiger partial charge in [0.15, 0.2) is 0 Å². The highest BCUT2D eigenvalue weighted by Gasteiger charge is 2.12. The Kier molecular flexibility index (Phi) is 5.57. The SMILES string of the molecule is Cc1cc(N2CCCC2)ccc1/C=N\NC(=O)c1ccc(I)c(O)c1. The Morgan fingerprint density at radius 2 is 2.00 bits per heavy atom. The summed E-state index contributed by atoms with van der Waals surface area (Å²) in [6, 6.07) is 11.1. The van der Waals surface area contributed by atoms with Gasteiger partial charge in [0.25, 0.3) is 5.91 Å². The number of aryl methyl sites for hydroxylation is 1. The number of hydrazone groups is 1. The lowest BCUT2D eigenvalue weighted by Gasteiger charge is -2.18. The predicted octanol–water partition coefficient (Wildman–Crippen LogP) is 3.67. The molecule has 0 aliphatic carbocycles. The highest BCUT2D eigenvalue weighted by molar-refractivity contribution is 14.1. The summed E-state index contributed by atoms with van der Waals surface area (Å²) in [5, 5.41) is 13.7. The Balaban J connectivity index is 1.65. The van der Waals surface area contributed by atoms with Crippen LogP contribution in [0.15, 0.2) is 41.5 Å². The maximum atomic E-state index is 12.1. The van der Waals surface area contributed by atoms with E-state index in [9.17, 15) is 9.90 Å². The van der Waals surface area contributed by atoms with E-state index in [-0.39, 0.29) is 11.7 Å². The molecular formula is C19H20IN3O2. The Morgan fingerprint density at radius 1 is 1.24 bits per heavy atom. The zero-order valence-corrected chi connectivity index (χ0v) is 16.2. The van der Waals surface area contributed by atoms with Crippen molar-refractivity contribution in [2.75, 3.05) is 18.0 Å². The number of phenolic OH excluding ortho intramolecular Hbond substituents is 1. The van der Waals surface area contributed by atoms with Crippen molar-refractivity contribution in [3.63, 3.8) is 0 Å². The highest BCUT2D eigenvalue weighted by Crippen LogP contribution is 2.22. The maximum Gasteiger partial charge on any atom is 0.271 e. The first-order valence-electron chi connectivity index (χ1n) is 8.22. The molecule has 0 atom stereocenters. The molecule has 1 heterocycles. The van der Waals surface area contributed by atoms with Gasteiger partial charge in [-0.25, -0.2) is 5.43 Å². The number of carbonyl (C=O) groups is 1. The third-order valence-corrected chi connectivity index (χ3v) is 5.21. The van der Waals surface area contributed by atoms with Gasteiger partial charge in [0.2, 0.25) is 0 Å². The largest absolute Gasteiger partial charge is 0.507 e. The number of rotatable bonds is 4.